The van der Waals surface area contributed by atoms with E-state index in [1.165, 1.54) is 18.2 Å². The van der Waals surface area contributed by atoms with Crippen molar-refractivity contribution in [2.45, 2.75) is 31.9 Å². The molecule has 0 saturated heterocycles. The van der Waals surface area contributed by atoms with Gasteiger partial charge >= 0.3 is 0 Å². The van der Waals surface area contributed by atoms with Crippen molar-refractivity contribution in [2.75, 3.05) is 0 Å². The van der Waals surface area contributed by atoms with Crippen LogP contribution in [0, 0.1) is 10.1 Å². The van der Waals surface area contributed by atoms with Gasteiger partial charge in [-0.05, 0) is 25.8 Å². The van der Waals surface area contributed by atoms with Crippen LogP contribution in [0.25, 0.3) is 0 Å². The summed E-state index contributed by atoms with van der Waals surface area (Å²) in [5.74, 6) is 0.0441. The summed E-state index contributed by atoms with van der Waals surface area (Å²) in [6, 6.07) is 4.13. The molecule has 0 bridgehead atoms. The highest BCUT2D eigenvalue weighted by Crippen LogP contribution is 2.29. The first-order valence-electron chi connectivity index (χ1n) is 5.88. The van der Waals surface area contributed by atoms with Gasteiger partial charge in [0, 0.05) is 18.2 Å². The van der Waals surface area contributed by atoms with E-state index >= 15 is 0 Å². The zero-order chi connectivity index (χ0) is 14.0. The minimum atomic E-state index is -0.695. The van der Waals surface area contributed by atoms with Gasteiger partial charge in [0.15, 0.2) is 6.10 Å². The number of carbonyl (C=O) groups excluding carboxylic acids is 1. The topological polar surface area (TPSA) is 81.5 Å². The molecule has 2 rings (SSSR count). The Morgan fingerprint density at radius 1 is 1.58 bits per heavy atom. The number of carbonyl (C=O) groups is 1. The van der Waals surface area contributed by atoms with E-state index < -0.39 is 11.0 Å². The van der Waals surface area contributed by atoms with Crippen molar-refractivity contribution >= 4 is 23.2 Å². The Hall–Kier alpha value is -1.82. The summed E-state index contributed by atoms with van der Waals surface area (Å²) in [6.45, 7) is 1.61. The molecule has 0 radical (unpaired) electrons. The summed E-state index contributed by atoms with van der Waals surface area (Å²) in [5.41, 5.74) is -0.118. The van der Waals surface area contributed by atoms with Crippen LogP contribution in [-0.2, 0) is 4.79 Å². The Morgan fingerprint density at radius 3 is 2.79 bits per heavy atom. The average molecular weight is 285 g/mol. The molecule has 102 valence electrons. The van der Waals surface area contributed by atoms with Gasteiger partial charge in [0.1, 0.15) is 5.75 Å². The van der Waals surface area contributed by atoms with Crippen LogP contribution in [0.1, 0.15) is 19.8 Å². The van der Waals surface area contributed by atoms with Crippen molar-refractivity contribution in [3.63, 3.8) is 0 Å². The monoisotopic (exact) mass is 284 g/mol. The fourth-order valence-corrected chi connectivity index (χ4v) is 1.71. The molecular formula is C12H13ClN2O4. The highest BCUT2D eigenvalue weighted by atomic mass is 35.5. The molecule has 0 unspecified atom stereocenters. The number of hydrogen-bond acceptors (Lipinski definition) is 4. The van der Waals surface area contributed by atoms with Crippen LogP contribution in [0.2, 0.25) is 5.02 Å². The van der Waals surface area contributed by atoms with Gasteiger partial charge in [-0.15, -0.1) is 0 Å². The van der Waals surface area contributed by atoms with E-state index in [1.54, 1.807) is 6.92 Å². The van der Waals surface area contributed by atoms with Crippen LogP contribution in [0.5, 0.6) is 5.75 Å². The molecule has 1 aromatic rings. The molecule has 19 heavy (non-hydrogen) atoms. The molecule has 1 N–H and O–H groups in total. The lowest BCUT2D eigenvalue weighted by Crippen LogP contribution is -2.37. The first-order valence-corrected chi connectivity index (χ1v) is 6.26. The maximum Gasteiger partial charge on any atom is 0.271 e. The lowest BCUT2D eigenvalue weighted by atomic mass is 10.3. The van der Waals surface area contributed by atoms with Gasteiger partial charge in [0.05, 0.1) is 9.95 Å². The Bertz CT molecular complexity index is 516. The molecular weight excluding hydrogens is 272 g/mol. The molecule has 1 aromatic carbocycles. The van der Waals surface area contributed by atoms with Gasteiger partial charge < -0.3 is 10.1 Å². The third-order valence-electron chi connectivity index (χ3n) is 2.72. The van der Waals surface area contributed by atoms with E-state index in [9.17, 15) is 14.9 Å². The SMILES string of the molecule is C[C@@H](Oc1ccc([N+](=O)[O-])cc1Cl)C(=O)NC1CC1. The fourth-order valence-electron chi connectivity index (χ4n) is 1.49. The van der Waals surface area contributed by atoms with E-state index in [0.29, 0.717) is 0 Å². The van der Waals surface area contributed by atoms with Crippen molar-refractivity contribution < 1.29 is 14.5 Å². The fraction of sp³-hybridized carbons (Fsp3) is 0.417. The number of nitrogens with one attached hydrogen (secondary N) is 1. The van der Waals surface area contributed by atoms with E-state index in [1.807, 2.05) is 0 Å². The number of amides is 1. The minimum Gasteiger partial charge on any atom is -0.479 e. The molecule has 1 aliphatic rings. The normalized spacial score (nSPS) is 15.7. The van der Waals surface area contributed by atoms with E-state index in [4.69, 9.17) is 16.3 Å². The Kier molecular flexibility index (Phi) is 3.90. The van der Waals surface area contributed by atoms with E-state index in [2.05, 4.69) is 5.32 Å². The minimum absolute atomic E-state index is 0.111. The van der Waals surface area contributed by atoms with Gasteiger partial charge in [0.2, 0.25) is 0 Å². The number of ether oxygens (including phenoxy) is 1. The quantitative estimate of drug-likeness (QED) is 0.664. The lowest BCUT2D eigenvalue weighted by Gasteiger charge is -2.15. The number of hydrogen-bond donors (Lipinski definition) is 1. The van der Waals surface area contributed by atoms with Crippen molar-refractivity contribution in [1.82, 2.24) is 5.32 Å². The molecule has 1 saturated carbocycles. The third kappa shape index (κ3) is 3.57. The van der Waals surface area contributed by atoms with Crippen LogP contribution >= 0.6 is 11.6 Å². The number of benzene rings is 1. The first kappa shape index (κ1) is 13.6. The lowest BCUT2D eigenvalue weighted by molar-refractivity contribution is -0.384. The summed E-state index contributed by atoms with van der Waals surface area (Å²) in [4.78, 5) is 21.7. The maximum atomic E-state index is 11.7. The van der Waals surface area contributed by atoms with Gasteiger partial charge in [-0.25, -0.2) is 0 Å². The number of nitrogens with zero attached hydrogens (tertiary/aromatic N) is 1. The van der Waals surface area contributed by atoms with Crippen molar-refractivity contribution in [2.24, 2.45) is 0 Å². The van der Waals surface area contributed by atoms with Gasteiger partial charge in [-0.2, -0.15) is 0 Å². The van der Waals surface area contributed by atoms with Crippen LogP contribution in [-0.4, -0.2) is 23.0 Å². The van der Waals surface area contributed by atoms with Gasteiger partial charge in [-0.3, -0.25) is 14.9 Å². The largest absolute Gasteiger partial charge is 0.479 e. The summed E-state index contributed by atoms with van der Waals surface area (Å²) >= 11 is 5.88. The average Bonchev–Trinajstić information content (AvgIpc) is 3.15. The van der Waals surface area contributed by atoms with Gasteiger partial charge in [0.25, 0.3) is 11.6 Å². The number of nitro benzene ring substituents is 1. The zero-order valence-corrected chi connectivity index (χ0v) is 11.0. The first-order chi connectivity index (χ1) is 8.97. The Labute approximate surface area is 114 Å². The molecule has 1 aliphatic carbocycles. The maximum absolute atomic E-state index is 11.7. The predicted octanol–water partition coefficient (Wildman–Crippen LogP) is 2.29. The summed E-state index contributed by atoms with van der Waals surface area (Å²) < 4.78 is 5.40. The third-order valence-corrected chi connectivity index (χ3v) is 3.02. The van der Waals surface area contributed by atoms with Gasteiger partial charge in [-0.1, -0.05) is 11.6 Å². The van der Waals surface area contributed by atoms with Crippen molar-refractivity contribution in [3.8, 4) is 5.75 Å². The van der Waals surface area contributed by atoms with Crippen LogP contribution in [0.4, 0.5) is 5.69 Å². The molecule has 0 aromatic heterocycles. The molecule has 1 atom stereocenters. The van der Waals surface area contributed by atoms with Crippen molar-refractivity contribution in [3.05, 3.63) is 33.3 Å². The molecule has 0 heterocycles. The van der Waals surface area contributed by atoms with E-state index in [0.717, 1.165) is 12.8 Å². The number of non-ortho nitro benzene ring substituents is 1. The highest BCUT2D eigenvalue weighted by Gasteiger charge is 2.26. The molecule has 6 nitrogen and oxygen atoms in total. The number of rotatable bonds is 5. The smallest absolute Gasteiger partial charge is 0.271 e. The second kappa shape index (κ2) is 5.44. The Balaban J connectivity index is 2.01. The molecule has 0 spiro atoms. The summed E-state index contributed by atoms with van der Waals surface area (Å²) in [7, 11) is 0. The summed E-state index contributed by atoms with van der Waals surface area (Å²) in [5, 5.41) is 13.5. The summed E-state index contributed by atoms with van der Waals surface area (Å²) in [6.07, 6.45) is 1.30. The molecule has 0 aliphatic heterocycles. The van der Waals surface area contributed by atoms with Crippen LogP contribution in [0.3, 0.4) is 0 Å². The molecule has 1 fully saturated rings. The second-order valence-electron chi connectivity index (χ2n) is 4.41. The second-order valence-corrected chi connectivity index (χ2v) is 4.82. The predicted molar refractivity (Wildman–Crippen MR) is 69.4 cm³/mol. The zero-order valence-electron chi connectivity index (χ0n) is 10.3. The standard InChI is InChI=1S/C12H13ClN2O4/c1-7(12(16)14-8-2-3-8)19-11-5-4-9(15(17)18)6-10(11)13/h4-8H,2-3H2,1H3,(H,14,16)/t7-/m1/s1. The number of nitro groups is 1. The van der Waals surface area contributed by atoms with E-state index in [-0.39, 0.29) is 28.4 Å². The van der Waals surface area contributed by atoms with Crippen molar-refractivity contribution in [1.29, 1.82) is 0 Å². The highest BCUT2D eigenvalue weighted by molar-refractivity contribution is 6.32. The molecule has 7 heteroatoms. The van der Waals surface area contributed by atoms with Crippen LogP contribution in [0.15, 0.2) is 18.2 Å². The number of halogens is 1. The Morgan fingerprint density at radius 2 is 2.26 bits per heavy atom. The molecule has 1 amide bonds. The van der Waals surface area contributed by atoms with Crippen LogP contribution < -0.4 is 10.1 Å².